The van der Waals surface area contributed by atoms with Gasteiger partial charge in [-0.25, -0.2) is 0 Å². The number of rotatable bonds is 4. The van der Waals surface area contributed by atoms with Gasteiger partial charge in [0.25, 0.3) is 0 Å². The Morgan fingerprint density at radius 2 is 2.05 bits per heavy atom. The highest BCUT2D eigenvalue weighted by molar-refractivity contribution is 5.54. The second kappa shape index (κ2) is 5.90. The third-order valence-corrected chi connectivity index (χ3v) is 3.82. The minimum Gasteiger partial charge on any atom is -0.388 e. The van der Waals surface area contributed by atoms with E-state index >= 15 is 0 Å². The first-order valence-electron chi connectivity index (χ1n) is 6.85. The van der Waals surface area contributed by atoms with Crippen molar-refractivity contribution in [3.63, 3.8) is 0 Å². The van der Waals surface area contributed by atoms with E-state index in [0.29, 0.717) is 39.1 Å². The van der Waals surface area contributed by atoms with Gasteiger partial charge in [-0.1, -0.05) is 17.7 Å². The normalized spacial score (nSPS) is 18.3. The zero-order valence-electron chi connectivity index (χ0n) is 11.9. The van der Waals surface area contributed by atoms with Gasteiger partial charge in [-0.15, -0.1) is 0 Å². The fourth-order valence-corrected chi connectivity index (χ4v) is 2.69. The van der Waals surface area contributed by atoms with E-state index in [-0.39, 0.29) is 0 Å². The Kier molecular flexibility index (Phi) is 4.45. The van der Waals surface area contributed by atoms with Crippen molar-refractivity contribution in [2.24, 2.45) is 5.73 Å². The van der Waals surface area contributed by atoms with Crippen molar-refractivity contribution in [3.8, 4) is 0 Å². The first-order chi connectivity index (χ1) is 9.04. The third kappa shape index (κ3) is 3.47. The molecule has 106 valence electrons. The second-order valence-electron chi connectivity index (χ2n) is 5.53. The largest absolute Gasteiger partial charge is 0.388 e. The highest BCUT2D eigenvalue weighted by atomic mass is 16.5. The van der Waals surface area contributed by atoms with E-state index in [9.17, 15) is 5.11 Å². The number of ether oxygens (including phenoxy) is 1. The number of anilines is 1. The molecule has 0 unspecified atom stereocenters. The molecule has 3 N–H and O–H groups in total. The summed E-state index contributed by atoms with van der Waals surface area (Å²) in [5.41, 5.74) is 8.60. The molecule has 1 saturated heterocycles. The molecular formula is C15H24N2O2. The zero-order chi connectivity index (χ0) is 13.9. The number of benzene rings is 1. The monoisotopic (exact) mass is 264 g/mol. The minimum atomic E-state index is -0.649. The lowest BCUT2D eigenvalue weighted by molar-refractivity contribution is -0.0572. The van der Waals surface area contributed by atoms with Crippen LogP contribution in [0.3, 0.4) is 0 Å². The standard InChI is InChI=1S/C15H24N2O2/c1-12-3-4-14(13(9-12)10-16)17(2)11-15(18)5-7-19-8-6-15/h3-4,9,18H,5-8,10-11,16H2,1-2H3. The van der Waals surface area contributed by atoms with E-state index in [4.69, 9.17) is 10.5 Å². The highest BCUT2D eigenvalue weighted by Crippen LogP contribution is 2.26. The van der Waals surface area contributed by atoms with Gasteiger partial charge in [-0.2, -0.15) is 0 Å². The lowest BCUT2D eigenvalue weighted by Gasteiger charge is -2.36. The van der Waals surface area contributed by atoms with Crippen molar-refractivity contribution in [3.05, 3.63) is 29.3 Å². The van der Waals surface area contributed by atoms with Gasteiger partial charge in [0.2, 0.25) is 0 Å². The minimum absolute atomic E-state index is 0.517. The van der Waals surface area contributed by atoms with Crippen LogP contribution in [-0.4, -0.2) is 37.5 Å². The highest BCUT2D eigenvalue weighted by Gasteiger charge is 2.31. The summed E-state index contributed by atoms with van der Waals surface area (Å²) in [5, 5.41) is 10.6. The smallest absolute Gasteiger partial charge is 0.0865 e. The van der Waals surface area contributed by atoms with Crippen LogP contribution in [0.1, 0.15) is 24.0 Å². The number of nitrogens with zero attached hydrogens (tertiary/aromatic N) is 1. The van der Waals surface area contributed by atoms with E-state index in [0.717, 1.165) is 11.3 Å². The molecule has 0 amide bonds. The van der Waals surface area contributed by atoms with Gasteiger partial charge in [0, 0.05) is 51.9 Å². The van der Waals surface area contributed by atoms with Crippen molar-refractivity contribution in [2.75, 3.05) is 31.7 Å². The van der Waals surface area contributed by atoms with E-state index in [2.05, 4.69) is 30.0 Å². The fourth-order valence-electron chi connectivity index (χ4n) is 2.69. The zero-order valence-corrected chi connectivity index (χ0v) is 11.9. The number of aliphatic hydroxyl groups is 1. The summed E-state index contributed by atoms with van der Waals surface area (Å²) in [5.74, 6) is 0. The van der Waals surface area contributed by atoms with E-state index in [1.54, 1.807) is 0 Å². The molecule has 0 aliphatic carbocycles. The Balaban J connectivity index is 2.12. The number of hydrogen-bond donors (Lipinski definition) is 2. The van der Waals surface area contributed by atoms with Gasteiger partial charge in [0.05, 0.1) is 5.60 Å². The summed E-state index contributed by atoms with van der Waals surface area (Å²) in [6.45, 7) is 4.48. The molecule has 0 aromatic heterocycles. The number of aryl methyl sites for hydroxylation is 1. The summed E-state index contributed by atoms with van der Waals surface area (Å²) in [6.07, 6.45) is 1.39. The fraction of sp³-hybridized carbons (Fsp3) is 0.600. The summed E-state index contributed by atoms with van der Waals surface area (Å²) >= 11 is 0. The second-order valence-corrected chi connectivity index (χ2v) is 5.53. The van der Waals surface area contributed by atoms with Crippen LogP contribution in [0.4, 0.5) is 5.69 Å². The van der Waals surface area contributed by atoms with Crippen LogP contribution in [-0.2, 0) is 11.3 Å². The van der Waals surface area contributed by atoms with Crippen molar-refractivity contribution in [1.82, 2.24) is 0 Å². The van der Waals surface area contributed by atoms with Crippen LogP contribution in [0.2, 0.25) is 0 Å². The third-order valence-electron chi connectivity index (χ3n) is 3.82. The predicted molar refractivity (Wildman–Crippen MR) is 77.3 cm³/mol. The number of nitrogens with two attached hydrogens (primary N) is 1. The average Bonchev–Trinajstić information content (AvgIpc) is 2.38. The van der Waals surface area contributed by atoms with Gasteiger partial charge in [0.15, 0.2) is 0 Å². The molecule has 2 rings (SSSR count). The predicted octanol–water partition coefficient (Wildman–Crippen LogP) is 1.43. The summed E-state index contributed by atoms with van der Waals surface area (Å²) in [7, 11) is 2.01. The van der Waals surface area contributed by atoms with Gasteiger partial charge in [0.1, 0.15) is 0 Å². The molecule has 1 heterocycles. The van der Waals surface area contributed by atoms with Crippen molar-refractivity contribution >= 4 is 5.69 Å². The van der Waals surface area contributed by atoms with E-state index in [1.807, 2.05) is 7.05 Å². The van der Waals surface area contributed by atoms with Crippen molar-refractivity contribution in [1.29, 1.82) is 0 Å². The first kappa shape index (κ1) is 14.3. The molecule has 0 spiro atoms. The maximum atomic E-state index is 10.6. The maximum absolute atomic E-state index is 10.6. The topological polar surface area (TPSA) is 58.7 Å². The Bertz CT molecular complexity index is 428. The molecule has 4 heteroatoms. The Morgan fingerprint density at radius 3 is 2.68 bits per heavy atom. The molecule has 4 nitrogen and oxygen atoms in total. The molecule has 1 aliphatic rings. The lowest BCUT2D eigenvalue weighted by atomic mass is 9.93. The molecule has 1 aromatic carbocycles. The molecule has 0 saturated carbocycles. The number of hydrogen-bond acceptors (Lipinski definition) is 4. The van der Waals surface area contributed by atoms with Crippen LogP contribution in [0.25, 0.3) is 0 Å². The molecule has 0 bridgehead atoms. The average molecular weight is 264 g/mol. The number of likely N-dealkylation sites (N-methyl/N-ethyl adjacent to an activating group) is 1. The van der Waals surface area contributed by atoms with Crippen LogP contribution in [0, 0.1) is 6.92 Å². The molecule has 0 atom stereocenters. The Morgan fingerprint density at radius 1 is 1.37 bits per heavy atom. The molecule has 1 aliphatic heterocycles. The lowest BCUT2D eigenvalue weighted by Crippen LogP contribution is -2.46. The SMILES string of the molecule is Cc1ccc(N(C)CC2(O)CCOCC2)c(CN)c1. The molecule has 0 radical (unpaired) electrons. The van der Waals surface area contributed by atoms with Gasteiger partial charge < -0.3 is 20.5 Å². The molecule has 19 heavy (non-hydrogen) atoms. The van der Waals surface area contributed by atoms with Crippen molar-refractivity contribution < 1.29 is 9.84 Å². The summed E-state index contributed by atoms with van der Waals surface area (Å²) in [6, 6.07) is 6.28. The van der Waals surface area contributed by atoms with Crippen LogP contribution in [0.5, 0.6) is 0 Å². The van der Waals surface area contributed by atoms with Gasteiger partial charge >= 0.3 is 0 Å². The molecular weight excluding hydrogens is 240 g/mol. The van der Waals surface area contributed by atoms with Gasteiger partial charge in [-0.3, -0.25) is 0 Å². The quantitative estimate of drug-likeness (QED) is 0.864. The van der Waals surface area contributed by atoms with E-state index in [1.165, 1.54) is 5.56 Å². The first-order valence-corrected chi connectivity index (χ1v) is 6.85. The van der Waals surface area contributed by atoms with E-state index < -0.39 is 5.60 Å². The Labute approximate surface area is 115 Å². The summed E-state index contributed by atoms with van der Waals surface area (Å²) < 4.78 is 5.31. The molecule has 1 aromatic rings. The van der Waals surface area contributed by atoms with Crippen LogP contribution < -0.4 is 10.6 Å². The van der Waals surface area contributed by atoms with Gasteiger partial charge in [-0.05, 0) is 18.6 Å². The maximum Gasteiger partial charge on any atom is 0.0865 e. The van der Waals surface area contributed by atoms with Crippen molar-refractivity contribution in [2.45, 2.75) is 31.9 Å². The van der Waals surface area contributed by atoms with Crippen LogP contribution >= 0.6 is 0 Å². The summed E-state index contributed by atoms with van der Waals surface area (Å²) in [4.78, 5) is 2.10. The molecule has 1 fully saturated rings. The van der Waals surface area contributed by atoms with Crippen LogP contribution in [0.15, 0.2) is 18.2 Å². The Hall–Kier alpha value is -1.10.